The number of benzene rings is 1. The van der Waals surface area contributed by atoms with Gasteiger partial charge in [-0.05, 0) is 52.3 Å². The summed E-state index contributed by atoms with van der Waals surface area (Å²) in [6.07, 6.45) is 5.53. The largest absolute Gasteiger partial charge is 0.381 e. The lowest BCUT2D eigenvalue weighted by molar-refractivity contribution is 0.0940. The van der Waals surface area contributed by atoms with Crippen LogP contribution >= 0.6 is 0 Å². The molecule has 30 heavy (non-hydrogen) atoms. The van der Waals surface area contributed by atoms with Gasteiger partial charge in [-0.25, -0.2) is 9.67 Å². The molecular formula is C23H30N6O. The van der Waals surface area contributed by atoms with E-state index in [1.54, 1.807) is 6.20 Å². The molecule has 3 aromatic rings. The van der Waals surface area contributed by atoms with Gasteiger partial charge in [0.15, 0.2) is 5.65 Å². The Morgan fingerprint density at radius 3 is 2.67 bits per heavy atom. The predicted octanol–water partition coefficient (Wildman–Crippen LogP) is 3.41. The van der Waals surface area contributed by atoms with Gasteiger partial charge in [-0.2, -0.15) is 5.10 Å². The normalized spacial score (nSPS) is 15.8. The number of rotatable bonds is 6. The van der Waals surface area contributed by atoms with Crippen LogP contribution in [0.4, 0.5) is 5.69 Å². The van der Waals surface area contributed by atoms with Crippen molar-refractivity contribution in [1.29, 1.82) is 0 Å². The molecule has 0 saturated carbocycles. The summed E-state index contributed by atoms with van der Waals surface area (Å²) in [5.74, 6) is -0.127. The molecule has 0 aliphatic carbocycles. The molecule has 0 bridgehead atoms. The number of carbonyl (C=O) groups excluding carboxylic acids is 1. The van der Waals surface area contributed by atoms with Gasteiger partial charge < -0.3 is 16.0 Å². The zero-order valence-corrected chi connectivity index (χ0v) is 17.9. The van der Waals surface area contributed by atoms with Crippen LogP contribution in [0.1, 0.15) is 54.2 Å². The van der Waals surface area contributed by atoms with Gasteiger partial charge in [-0.1, -0.05) is 29.8 Å². The van der Waals surface area contributed by atoms with Crippen LogP contribution in [0.2, 0.25) is 0 Å². The topological polar surface area (TPSA) is 83.9 Å². The highest BCUT2D eigenvalue weighted by atomic mass is 16.1. The van der Waals surface area contributed by atoms with Gasteiger partial charge in [0.25, 0.3) is 5.91 Å². The third kappa shape index (κ3) is 4.16. The highest BCUT2D eigenvalue weighted by molar-refractivity contribution is 6.06. The lowest BCUT2D eigenvalue weighted by Crippen LogP contribution is -2.36. The van der Waals surface area contributed by atoms with E-state index in [1.807, 2.05) is 24.7 Å². The van der Waals surface area contributed by atoms with E-state index in [2.05, 4.69) is 57.2 Å². The molecule has 0 radical (unpaired) electrons. The van der Waals surface area contributed by atoms with Crippen LogP contribution in [0.5, 0.6) is 0 Å². The molecule has 3 N–H and O–H groups in total. The van der Waals surface area contributed by atoms with Crippen molar-refractivity contribution in [3.63, 3.8) is 0 Å². The molecule has 1 amide bonds. The maximum absolute atomic E-state index is 13.2. The second-order valence-corrected chi connectivity index (χ2v) is 8.02. The van der Waals surface area contributed by atoms with Crippen LogP contribution in [-0.4, -0.2) is 39.8 Å². The van der Waals surface area contributed by atoms with E-state index >= 15 is 0 Å². The van der Waals surface area contributed by atoms with Crippen LogP contribution in [-0.2, 0) is 6.54 Å². The first kappa shape index (κ1) is 20.3. The first-order chi connectivity index (χ1) is 14.6. The summed E-state index contributed by atoms with van der Waals surface area (Å²) in [6.45, 7) is 8.79. The zero-order valence-electron chi connectivity index (χ0n) is 17.9. The summed E-state index contributed by atoms with van der Waals surface area (Å²) in [6, 6.07) is 8.47. The van der Waals surface area contributed by atoms with E-state index in [-0.39, 0.29) is 11.9 Å². The van der Waals surface area contributed by atoms with E-state index in [1.165, 1.54) is 5.56 Å². The number of fused-ring (bicyclic) bond motifs is 1. The fraction of sp³-hybridized carbons (Fsp3) is 0.435. The molecule has 0 spiro atoms. The molecule has 1 unspecified atom stereocenters. The number of nitrogens with zero attached hydrogens (tertiary/aromatic N) is 3. The predicted molar refractivity (Wildman–Crippen MR) is 120 cm³/mol. The Morgan fingerprint density at radius 2 is 1.97 bits per heavy atom. The van der Waals surface area contributed by atoms with E-state index in [0.29, 0.717) is 11.6 Å². The molecule has 7 heteroatoms. The van der Waals surface area contributed by atoms with Crippen molar-refractivity contribution in [2.45, 2.75) is 52.2 Å². The first-order valence-corrected chi connectivity index (χ1v) is 10.8. The highest BCUT2D eigenvalue weighted by Gasteiger charge is 2.22. The number of aryl methyl sites for hydroxylation is 2. The monoisotopic (exact) mass is 406 g/mol. The summed E-state index contributed by atoms with van der Waals surface area (Å²) >= 11 is 0. The van der Waals surface area contributed by atoms with E-state index in [9.17, 15) is 4.79 Å². The van der Waals surface area contributed by atoms with Crippen molar-refractivity contribution in [3.05, 3.63) is 53.3 Å². The molecule has 4 rings (SSSR count). The fourth-order valence-electron chi connectivity index (χ4n) is 3.97. The number of carbonyl (C=O) groups is 1. The number of pyridine rings is 1. The second kappa shape index (κ2) is 8.83. The first-order valence-electron chi connectivity index (χ1n) is 10.8. The van der Waals surface area contributed by atoms with Crippen LogP contribution in [0.25, 0.3) is 11.0 Å². The molecule has 1 aliphatic rings. The molecule has 1 aliphatic heterocycles. The molecule has 3 heterocycles. The van der Waals surface area contributed by atoms with Gasteiger partial charge in [0.05, 0.1) is 28.9 Å². The molecule has 1 fully saturated rings. The Kier molecular flexibility index (Phi) is 5.99. The molecule has 1 aromatic carbocycles. The number of hydrogen-bond acceptors (Lipinski definition) is 5. The Morgan fingerprint density at radius 1 is 1.23 bits per heavy atom. The second-order valence-electron chi connectivity index (χ2n) is 8.02. The summed E-state index contributed by atoms with van der Waals surface area (Å²) in [7, 11) is 0. The molecule has 158 valence electrons. The number of anilines is 1. The molecular weight excluding hydrogens is 376 g/mol. The Balaban J connectivity index is 1.65. The molecule has 1 saturated heterocycles. The fourth-order valence-corrected chi connectivity index (χ4v) is 3.97. The van der Waals surface area contributed by atoms with Gasteiger partial charge in [-0.15, -0.1) is 0 Å². The van der Waals surface area contributed by atoms with Crippen LogP contribution in [0, 0.1) is 6.92 Å². The van der Waals surface area contributed by atoms with Crippen molar-refractivity contribution in [2.24, 2.45) is 0 Å². The summed E-state index contributed by atoms with van der Waals surface area (Å²) < 4.78 is 1.86. The summed E-state index contributed by atoms with van der Waals surface area (Å²) in [5.41, 5.74) is 4.48. The zero-order chi connectivity index (χ0) is 21.1. The quantitative estimate of drug-likeness (QED) is 0.584. The standard InChI is InChI=1S/C23H30N6O/c1-4-29-22-19(14-26-29)21(28-18-9-11-24-12-10-18)20(13-25-22)23(30)27-16(3)17-7-5-15(2)6-8-17/h5-8,13-14,16,18,24H,4,9-12H2,1-3H3,(H,25,28)(H,27,30). The van der Waals surface area contributed by atoms with Gasteiger partial charge in [0.2, 0.25) is 0 Å². The Bertz CT molecular complexity index is 1020. The number of nitrogens with one attached hydrogen (secondary N) is 3. The van der Waals surface area contributed by atoms with Crippen molar-refractivity contribution in [1.82, 2.24) is 25.4 Å². The number of hydrogen-bond donors (Lipinski definition) is 3. The minimum atomic E-state index is -0.127. The lowest BCUT2D eigenvalue weighted by Gasteiger charge is -2.26. The van der Waals surface area contributed by atoms with Crippen molar-refractivity contribution >= 4 is 22.6 Å². The average molecular weight is 407 g/mol. The van der Waals surface area contributed by atoms with E-state index in [4.69, 9.17) is 0 Å². The molecule has 7 nitrogen and oxygen atoms in total. The number of aromatic nitrogens is 3. The third-order valence-electron chi connectivity index (χ3n) is 5.82. The molecule has 2 aromatic heterocycles. The van der Waals surface area contributed by atoms with Crippen LogP contribution in [0.15, 0.2) is 36.7 Å². The average Bonchev–Trinajstić information content (AvgIpc) is 3.18. The SMILES string of the molecule is CCn1ncc2c(NC3CCNCC3)c(C(=O)NC(C)c3ccc(C)cc3)cnc21. The maximum atomic E-state index is 13.2. The number of amides is 1. The van der Waals surface area contributed by atoms with Gasteiger partial charge >= 0.3 is 0 Å². The third-order valence-corrected chi connectivity index (χ3v) is 5.82. The minimum Gasteiger partial charge on any atom is -0.381 e. The van der Waals surface area contributed by atoms with Crippen LogP contribution < -0.4 is 16.0 Å². The van der Waals surface area contributed by atoms with Crippen LogP contribution in [0.3, 0.4) is 0 Å². The lowest BCUT2D eigenvalue weighted by atomic mass is 10.0. The minimum absolute atomic E-state index is 0.0982. The van der Waals surface area contributed by atoms with Crippen molar-refractivity contribution in [2.75, 3.05) is 18.4 Å². The van der Waals surface area contributed by atoms with E-state index < -0.39 is 0 Å². The Hall–Kier alpha value is -2.93. The molecule has 1 atom stereocenters. The number of piperidine rings is 1. The smallest absolute Gasteiger partial charge is 0.255 e. The van der Waals surface area contributed by atoms with Gasteiger partial charge in [0, 0.05) is 18.8 Å². The van der Waals surface area contributed by atoms with Gasteiger partial charge in [-0.3, -0.25) is 4.79 Å². The van der Waals surface area contributed by atoms with Gasteiger partial charge in [0.1, 0.15) is 0 Å². The Labute approximate surface area is 177 Å². The highest BCUT2D eigenvalue weighted by Crippen LogP contribution is 2.28. The van der Waals surface area contributed by atoms with Crippen molar-refractivity contribution < 1.29 is 4.79 Å². The van der Waals surface area contributed by atoms with Crippen molar-refractivity contribution in [3.8, 4) is 0 Å². The summed E-state index contributed by atoms with van der Waals surface area (Å²) in [4.78, 5) is 17.8. The van der Waals surface area contributed by atoms with E-state index in [0.717, 1.165) is 54.8 Å². The maximum Gasteiger partial charge on any atom is 0.255 e. The summed E-state index contributed by atoms with van der Waals surface area (Å²) in [5, 5.41) is 15.5.